The molecule has 0 heterocycles. The van der Waals surface area contributed by atoms with Crippen molar-refractivity contribution in [1.29, 1.82) is 0 Å². The number of amides is 1. The number of rotatable bonds is 9. The number of methoxy groups -OCH3 is 1. The number of nitro groups is 1. The molecule has 0 aliphatic carbocycles. The topological polar surface area (TPSA) is 81.5 Å². The number of unbranched alkanes of at least 4 members (excludes halogenated alkanes) is 3. The lowest BCUT2D eigenvalue weighted by Gasteiger charge is -2.06. The van der Waals surface area contributed by atoms with Gasteiger partial charge in [-0.3, -0.25) is 14.9 Å². The van der Waals surface area contributed by atoms with E-state index in [2.05, 4.69) is 21.2 Å². The van der Waals surface area contributed by atoms with Crippen molar-refractivity contribution in [2.24, 2.45) is 0 Å². The van der Waals surface area contributed by atoms with Crippen LogP contribution < -0.4 is 10.1 Å². The molecular weight excluding hydrogens is 340 g/mol. The van der Waals surface area contributed by atoms with Crippen LogP contribution in [-0.4, -0.2) is 29.8 Å². The molecule has 0 aliphatic rings. The van der Waals surface area contributed by atoms with Crippen molar-refractivity contribution in [3.05, 3.63) is 33.9 Å². The third-order valence-electron chi connectivity index (χ3n) is 2.98. The van der Waals surface area contributed by atoms with Crippen molar-refractivity contribution in [3.8, 4) is 5.75 Å². The van der Waals surface area contributed by atoms with Gasteiger partial charge >= 0.3 is 5.69 Å². The number of nitrogens with zero attached hydrogens (tertiary/aromatic N) is 1. The van der Waals surface area contributed by atoms with Crippen LogP contribution in [0.25, 0.3) is 0 Å². The maximum atomic E-state index is 11.9. The van der Waals surface area contributed by atoms with Crippen LogP contribution in [0.15, 0.2) is 18.2 Å². The average Bonchev–Trinajstić information content (AvgIpc) is 2.49. The normalized spacial score (nSPS) is 10.2. The Morgan fingerprint density at radius 1 is 1.33 bits per heavy atom. The van der Waals surface area contributed by atoms with E-state index < -0.39 is 4.92 Å². The van der Waals surface area contributed by atoms with Crippen molar-refractivity contribution in [2.75, 3.05) is 19.0 Å². The van der Waals surface area contributed by atoms with Gasteiger partial charge in [-0.15, -0.1) is 0 Å². The molecule has 21 heavy (non-hydrogen) atoms. The standard InChI is InChI=1S/C14H19BrN2O4/c1-21-13-7-6-11(10-12(13)17(19)20)14(18)16-9-5-3-2-4-8-15/h6-7,10H,2-5,8-9H2,1H3,(H,16,18). The first kappa shape index (κ1) is 17.4. The predicted molar refractivity (Wildman–Crippen MR) is 84.2 cm³/mol. The number of nitrogens with one attached hydrogen (secondary N) is 1. The van der Waals surface area contributed by atoms with Crippen molar-refractivity contribution < 1.29 is 14.5 Å². The number of carbonyl (C=O) groups is 1. The van der Waals surface area contributed by atoms with Crippen molar-refractivity contribution >= 4 is 27.5 Å². The van der Waals surface area contributed by atoms with E-state index in [1.807, 2.05) is 0 Å². The zero-order valence-electron chi connectivity index (χ0n) is 11.9. The average molecular weight is 359 g/mol. The van der Waals surface area contributed by atoms with E-state index in [1.165, 1.54) is 25.3 Å². The van der Waals surface area contributed by atoms with E-state index in [0.717, 1.165) is 31.0 Å². The van der Waals surface area contributed by atoms with Gasteiger partial charge in [0, 0.05) is 23.5 Å². The molecule has 0 aromatic heterocycles. The summed E-state index contributed by atoms with van der Waals surface area (Å²) in [5, 5.41) is 14.7. The van der Waals surface area contributed by atoms with Gasteiger partial charge in [-0.05, 0) is 25.0 Å². The summed E-state index contributed by atoms with van der Waals surface area (Å²) in [5.41, 5.74) is 0.0606. The molecule has 0 unspecified atom stereocenters. The Kier molecular flexibility index (Phi) is 7.74. The summed E-state index contributed by atoms with van der Waals surface area (Å²) in [7, 11) is 1.36. The fourth-order valence-corrected chi connectivity index (χ4v) is 2.25. The lowest BCUT2D eigenvalue weighted by atomic mass is 10.1. The summed E-state index contributed by atoms with van der Waals surface area (Å²) < 4.78 is 4.90. The van der Waals surface area contributed by atoms with E-state index in [9.17, 15) is 14.9 Å². The lowest BCUT2D eigenvalue weighted by Crippen LogP contribution is -2.24. The van der Waals surface area contributed by atoms with Gasteiger partial charge in [0.2, 0.25) is 0 Å². The van der Waals surface area contributed by atoms with Gasteiger partial charge in [0.25, 0.3) is 5.91 Å². The van der Waals surface area contributed by atoms with Crippen LogP contribution in [0, 0.1) is 10.1 Å². The maximum Gasteiger partial charge on any atom is 0.311 e. The second-order valence-electron chi connectivity index (χ2n) is 4.50. The molecule has 1 amide bonds. The first-order valence-corrected chi connectivity index (χ1v) is 7.89. The molecule has 116 valence electrons. The third-order valence-corrected chi connectivity index (χ3v) is 3.54. The number of ether oxygens (including phenoxy) is 1. The first-order chi connectivity index (χ1) is 10.1. The molecule has 1 rings (SSSR count). The summed E-state index contributed by atoms with van der Waals surface area (Å²) in [6.45, 7) is 0.570. The van der Waals surface area contributed by atoms with Gasteiger partial charge in [-0.2, -0.15) is 0 Å². The number of carbonyl (C=O) groups excluding carboxylic acids is 1. The molecule has 0 atom stereocenters. The van der Waals surface area contributed by atoms with Crippen LogP contribution >= 0.6 is 15.9 Å². The minimum Gasteiger partial charge on any atom is -0.490 e. The minimum absolute atomic E-state index is 0.145. The Hall–Kier alpha value is -1.63. The van der Waals surface area contributed by atoms with Gasteiger partial charge in [0.15, 0.2) is 5.75 Å². The fraction of sp³-hybridized carbons (Fsp3) is 0.500. The van der Waals surface area contributed by atoms with Crippen LogP contribution in [0.2, 0.25) is 0 Å². The molecule has 0 fully saturated rings. The van der Waals surface area contributed by atoms with Crippen LogP contribution in [0.4, 0.5) is 5.69 Å². The number of nitro benzene ring substituents is 1. The molecule has 6 nitrogen and oxygen atoms in total. The molecule has 0 radical (unpaired) electrons. The molecule has 7 heteroatoms. The number of benzene rings is 1. The van der Waals surface area contributed by atoms with Crippen LogP contribution in [0.5, 0.6) is 5.75 Å². The van der Waals surface area contributed by atoms with Gasteiger partial charge in [0.1, 0.15) is 0 Å². The Bertz CT molecular complexity index is 494. The van der Waals surface area contributed by atoms with E-state index in [1.54, 1.807) is 0 Å². The second kappa shape index (κ2) is 9.33. The molecule has 1 N–H and O–H groups in total. The third kappa shape index (κ3) is 5.71. The highest BCUT2D eigenvalue weighted by molar-refractivity contribution is 9.09. The van der Waals surface area contributed by atoms with Crippen molar-refractivity contribution in [1.82, 2.24) is 5.32 Å². The Balaban J connectivity index is 2.54. The smallest absolute Gasteiger partial charge is 0.311 e. The zero-order chi connectivity index (χ0) is 15.7. The van der Waals surface area contributed by atoms with Gasteiger partial charge < -0.3 is 10.1 Å². The molecule has 0 saturated heterocycles. The number of alkyl halides is 1. The highest BCUT2D eigenvalue weighted by atomic mass is 79.9. The lowest BCUT2D eigenvalue weighted by molar-refractivity contribution is -0.385. The van der Waals surface area contributed by atoms with Gasteiger partial charge in [0.05, 0.1) is 12.0 Å². The molecule has 0 aliphatic heterocycles. The van der Waals surface area contributed by atoms with E-state index in [0.29, 0.717) is 6.54 Å². The highest BCUT2D eigenvalue weighted by Gasteiger charge is 2.17. The Labute approximate surface area is 132 Å². The molecule has 0 saturated carbocycles. The summed E-state index contributed by atoms with van der Waals surface area (Å²) >= 11 is 3.37. The Morgan fingerprint density at radius 2 is 2.05 bits per heavy atom. The van der Waals surface area contributed by atoms with Crippen LogP contribution in [0.3, 0.4) is 0 Å². The summed E-state index contributed by atoms with van der Waals surface area (Å²) in [5.74, 6) is -0.160. The van der Waals surface area contributed by atoms with Gasteiger partial charge in [-0.1, -0.05) is 28.8 Å². The van der Waals surface area contributed by atoms with E-state index in [4.69, 9.17) is 4.74 Å². The highest BCUT2D eigenvalue weighted by Crippen LogP contribution is 2.27. The van der Waals surface area contributed by atoms with Crippen molar-refractivity contribution in [3.63, 3.8) is 0 Å². The molecular formula is C14H19BrN2O4. The molecule has 1 aromatic rings. The Morgan fingerprint density at radius 3 is 2.67 bits per heavy atom. The van der Waals surface area contributed by atoms with Crippen molar-refractivity contribution in [2.45, 2.75) is 25.7 Å². The van der Waals surface area contributed by atoms with E-state index in [-0.39, 0.29) is 22.9 Å². The monoisotopic (exact) mass is 358 g/mol. The van der Waals surface area contributed by atoms with Crippen LogP contribution in [-0.2, 0) is 0 Å². The number of hydrogen-bond donors (Lipinski definition) is 1. The fourth-order valence-electron chi connectivity index (χ4n) is 1.85. The molecule has 0 spiro atoms. The number of halogens is 1. The molecule has 0 bridgehead atoms. The predicted octanol–water partition coefficient (Wildman–Crippen LogP) is 3.29. The second-order valence-corrected chi connectivity index (χ2v) is 5.30. The summed E-state index contributed by atoms with van der Waals surface area (Å²) in [4.78, 5) is 22.3. The van der Waals surface area contributed by atoms with E-state index >= 15 is 0 Å². The minimum atomic E-state index is -0.560. The first-order valence-electron chi connectivity index (χ1n) is 6.76. The van der Waals surface area contributed by atoms with Gasteiger partial charge in [-0.25, -0.2) is 0 Å². The summed E-state index contributed by atoms with van der Waals surface area (Å²) in [6.07, 6.45) is 4.19. The molecule has 1 aromatic carbocycles. The quantitative estimate of drug-likeness (QED) is 0.318. The maximum absolute atomic E-state index is 11.9. The van der Waals surface area contributed by atoms with Crippen LogP contribution in [0.1, 0.15) is 36.0 Å². The SMILES string of the molecule is COc1ccc(C(=O)NCCCCCCBr)cc1[N+](=O)[O-]. The number of hydrogen-bond acceptors (Lipinski definition) is 4. The summed E-state index contributed by atoms with van der Waals surface area (Å²) in [6, 6.07) is 4.19. The largest absolute Gasteiger partial charge is 0.490 e. The zero-order valence-corrected chi connectivity index (χ0v) is 13.5.